The van der Waals surface area contributed by atoms with Crippen LogP contribution < -0.4 is 5.32 Å². The van der Waals surface area contributed by atoms with Crippen molar-refractivity contribution in [2.45, 2.75) is 38.5 Å². The zero-order valence-corrected chi connectivity index (χ0v) is 14.6. The summed E-state index contributed by atoms with van der Waals surface area (Å²) >= 11 is 0. The molecule has 2 unspecified atom stereocenters. The Kier molecular flexibility index (Phi) is 6.98. The minimum atomic E-state index is -0.872. The van der Waals surface area contributed by atoms with E-state index in [1.807, 2.05) is 37.3 Å². The fourth-order valence-corrected chi connectivity index (χ4v) is 3.21. The minimum absolute atomic E-state index is 0.0401. The first-order chi connectivity index (χ1) is 12.0. The van der Waals surface area contributed by atoms with Gasteiger partial charge in [-0.1, -0.05) is 37.3 Å². The summed E-state index contributed by atoms with van der Waals surface area (Å²) in [6.45, 7) is 3.29. The average molecular weight is 346 g/mol. The molecule has 2 rings (SSSR count). The van der Waals surface area contributed by atoms with Gasteiger partial charge < -0.3 is 15.3 Å². The predicted octanol–water partition coefficient (Wildman–Crippen LogP) is 2.01. The molecule has 2 atom stereocenters. The molecule has 6 nitrogen and oxygen atoms in total. The quantitative estimate of drug-likeness (QED) is 0.754. The first-order valence-electron chi connectivity index (χ1n) is 8.85. The van der Waals surface area contributed by atoms with Crippen molar-refractivity contribution in [1.82, 2.24) is 10.2 Å². The van der Waals surface area contributed by atoms with Crippen LogP contribution in [-0.4, -0.2) is 47.4 Å². The SMILES string of the molecule is CCCNC(=O)CCCC(=O)N1CC(C(=O)O)C(c2ccccc2)C1. The molecule has 1 saturated heterocycles. The molecule has 0 saturated carbocycles. The second-order valence-electron chi connectivity index (χ2n) is 6.46. The van der Waals surface area contributed by atoms with Crippen LogP contribution in [0.2, 0.25) is 0 Å². The first-order valence-corrected chi connectivity index (χ1v) is 8.85. The highest BCUT2D eigenvalue weighted by atomic mass is 16.4. The van der Waals surface area contributed by atoms with Crippen LogP contribution in [0, 0.1) is 5.92 Å². The van der Waals surface area contributed by atoms with Gasteiger partial charge in [-0.05, 0) is 18.4 Å². The molecule has 6 heteroatoms. The van der Waals surface area contributed by atoms with Gasteiger partial charge in [0.05, 0.1) is 5.92 Å². The molecule has 0 aliphatic carbocycles. The lowest BCUT2D eigenvalue weighted by atomic mass is 9.89. The van der Waals surface area contributed by atoms with E-state index in [9.17, 15) is 19.5 Å². The van der Waals surface area contributed by atoms with Crippen LogP contribution in [0.4, 0.5) is 0 Å². The molecule has 1 aliphatic heterocycles. The van der Waals surface area contributed by atoms with Crippen LogP contribution in [0.5, 0.6) is 0 Å². The molecular weight excluding hydrogens is 320 g/mol. The fraction of sp³-hybridized carbons (Fsp3) is 0.526. The van der Waals surface area contributed by atoms with Crippen LogP contribution in [0.15, 0.2) is 30.3 Å². The number of carbonyl (C=O) groups excluding carboxylic acids is 2. The molecule has 136 valence electrons. The maximum absolute atomic E-state index is 12.4. The molecular formula is C19H26N2O4. The van der Waals surface area contributed by atoms with Gasteiger partial charge in [0.15, 0.2) is 0 Å². The van der Waals surface area contributed by atoms with E-state index in [1.165, 1.54) is 0 Å². The molecule has 1 fully saturated rings. The summed E-state index contributed by atoms with van der Waals surface area (Å²) in [4.78, 5) is 37.1. The van der Waals surface area contributed by atoms with E-state index in [1.54, 1.807) is 4.90 Å². The number of likely N-dealkylation sites (tertiary alicyclic amines) is 1. The molecule has 25 heavy (non-hydrogen) atoms. The zero-order chi connectivity index (χ0) is 18.2. The van der Waals surface area contributed by atoms with Crippen LogP contribution in [0.1, 0.15) is 44.1 Å². The molecule has 1 aliphatic rings. The number of hydrogen-bond donors (Lipinski definition) is 2. The molecule has 2 amide bonds. The van der Waals surface area contributed by atoms with Crippen molar-refractivity contribution in [3.8, 4) is 0 Å². The fourth-order valence-electron chi connectivity index (χ4n) is 3.21. The average Bonchev–Trinajstić information content (AvgIpc) is 3.06. The standard InChI is InChI=1S/C19H26N2O4/c1-2-11-20-17(22)9-6-10-18(23)21-12-15(16(13-21)19(24)25)14-7-4-3-5-8-14/h3-5,7-8,15-16H,2,6,9-13H2,1H3,(H,20,22)(H,24,25). The first kappa shape index (κ1) is 19.0. The molecule has 0 spiro atoms. The van der Waals surface area contributed by atoms with Gasteiger partial charge in [0.2, 0.25) is 11.8 Å². The Morgan fingerprint density at radius 3 is 2.52 bits per heavy atom. The maximum atomic E-state index is 12.4. The molecule has 0 bridgehead atoms. The maximum Gasteiger partial charge on any atom is 0.308 e. The summed E-state index contributed by atoms with van der Waals surface area (Å²) < 4.78 is 0. The van der Waals surface area contributed by atoms with Crippen LogP contribution in [0.3, 0.4) is 0 Å². The number of nitrogens with one attached hydrogen (secondary N) is 1. The number of benzene rings is 1. The Hall–Kier alpha value is -2.37. The van der Waals surface area contributed by atoms with Crippen molar-refractivity contribution in [1.29, 1.82) is 0 Å². The van der Waals surface area contributed by atoms with Crippen LogP contribution >= 0.6 is 0 Å². The summed E-state index contributed by atoms with van der Waals surface area (Å²) in [7, 11) is 0. The Bertz CT molecular complexity index is 603. The number of carboxylic acid groups (broad SMARTS) is 1. The molecule has 2 N–H and O–H groups in total. The van der Waals surface area contributed by atoms with E-state index < -0.39 is 11.9 Å². The number of aliphatic carboxylic acids is 1. The monoisotopic (exact) mass is 346 g/mol. The van der Waals surface area contributed by atoms with E-state index >= 15 is 0 Å². The van der Waals surface area contributed by atoms with E-state index in [2.05, 4.69) is 5.32 Å². The van der Waals surface area contributed by atoms with Gasteiger partial charge in [0, 0.05) is 38.4 Å². The van der Waals surface area contributed by atoms with Crippen molar-refractivity contribution >= 4 is 17.8 Å². The number of carbonyl (C=O) groups is 3. The van der Waals surface area contributed by atoms with Crippen LogP contribution in [-0.2, 0) is 14.4 Å². The third kappa shape index (κ3) is 5.31. The molecule has 1 heterocycles. The summed E-state index contributed by atoms with van der Waals surface area (Å²) in [6, 6.07) is 9.47. The van der Waals surface area contributed by atoms with Crippen molar-refractivity contribution < 1.29 is 19.5 Å². The third-order valence-electron chi connectivity index (χ3n) is 4.58. The molecule has 0 aromatic heterocycles. The second kappa shape index (κ2) is 9.20. The minimum Gasteiger partial charge on any atom is -0.481 e. The Morgan fingerprint density at radius 1 is 1.16 bits per heavy atom. The van der Waals surface area contributed by atoms with E-state index in [4.69, 9.17) is 0 Å². The number of nitrogens with zero attached hydrogens (tertiary/aromatic N) is 1. The normalized spacial score (nSPS) is 19.6. The van der Waals surface area contributed by atoms with Crippen molar-refractivity contribution in [3.05, 3.63) is 35.9 Å². The lowest BCUT2D eigenvalue weighted by molar-refractivity contribution is -0.141. The van der Waals surface area contributed by atoms with E-state index in [0.717, 1.165) is 12.0 Å². The summed E-state index contributed by atoms with van der Waals surface area (Å²) in [5.41, 5.74) is 0.948. The number of amides is 2. The van der Waals surface area contributed by atoms with Gasteiger partial charge in [-0.2, -0.15) is 0 Å². The van der Waals surface area contributed by atoms with Crippen molar-refractivity contribution in [3.63, 3.8) is 0 Å². The smallest absolute Gasteiger partial charge is 0.308 e. The third-order valence-corrected chi connectivity index (χ3v) is 4.58. The summed E-state index contributed by atoms with van der Waals surface area (Å²) in [5.74, 6) is -1.76. The van der Waals surface area contributed by atoms with Crippen LogP contribution in [0.25, 0.3) is 0 Å². The van der Waals surface area contributed by atoms with E-state index in [-0.39, 0.29) is 30.7 Å². The van der Waals surface area contributed by atoms with E-state index in [0.29, 0.717) is 25.9 Å². The van der Waals surface area contributed by atoms with Crippen molar-refractivity contribution in [2.75, 3.05) is 19.6 Å². The predicted molar refractivity (Wildman–Crippen MR) is 94.0 cm³/mol. The highest BCUT2D eigenvalue weighted by Gasteiger charge is 2.40. The number of hydrogen-bond acceptors (Lipinski definition) is 3. The molecule has 1 aromatic carbocycles. The largest absolute Gasteiger partial charge is 0.481 e. The summed E-state index contributed by atoms with van der Waals surface area (Å²) in [6.07, 6.45) is 1.96. The topological polar surface area (TPSA) is 86.7 Å². The number of rotatable bonds is 8. The van der Waals surface area contributed by atoms with Gasteiger partial charge >= 0.3 is 5.97 Å². The van der Waals surface area contributed by atoms with Gasteiger partial charge in [-0.3, -0.25) is 14.4 Å². The Morgan fingerprint density at radius 2 is 1.88 bits per heavy atom. The lowest BCUT2D eigenvalue weighted by Crippen LogP contribution is -2.30. The second-order valence-corrected chi connectivity index (χ2v) is 6.46. The molecule has 1 aromatic rings. The van der Waals surface area contributed by atoms with Crippen molar-refractivity contribution in [2.24, 2.45) is 5.92 Å². The molecule has 0 radical (unpaired) electrons. The number of carboxylic acids is 1. The highest BCUT2D eigenvalue weighted by molar-refractivity contribution is 5.81. The lowest BCUT2D eigenvalue weighted by Gasteiger charge is -2.16. The Labute approximate surface area is 148 Å². The Balaban J connectivity index is 1.89. The highest BCUT2D eigenvalue weighted by Crippen LogP contribution is 2.33. The van der Waals surface area contributed by atoms with Gasteiger partial charge in [-0.15, -0.1) is 0 Å². The van der Waals surface area contributed by atoms with Gasteiger partial charge in [0.1, 0.15) is 0 Å². The zero-order valence-electron chi connectivity index (χ0n) is 14.6. The van der Waals surface area contributed by atoms with Gasteiger partial charge in [-0.25, -0.2) is 0 Å². The summed E-state index contributed by atoms with van der Waals surface area (Å²) in [5, 5.41) is 12.3. The van der Waals surface area contributed by atoms with Gasteiger partial charge in [0.25, 0.3) is 0 Å².